The molecule has 2 aliphatic rings. The summed E-state index contributed by atoms with van der Waals surface area (Å²) >= 11 is 0. The molecular formula is C45H41N3. The fourth-order valence-electron chi connectivity index (χ4n) is 6.57. The normalized spacial score (nSPS) is 17.4. The highest BCUT2D eigenvalue weighted by atomic mass is 14.9. The molecule has 48 heavy (non-hydrogen) atoms. The molecular weight excluding hydrogens is 583 g/mol. The van der Waals surface area contributed by atoms with Crippen molar-refractivity contribution < 1.29 is 0 Å². The maximum atomic E-state index is 3.81. The summed E-state index contributed by atoms with van der Waals surface area (Å²) in [6.45, 7) is 0.744. The highest BCUT2D eigenvalue weighted by molar-refractivity contribution is 5.81. The number of fused-ring (bicyclic) bond motifs is 1. The van der Waals surface area contributed by atoms with Crippen molar-refractivity contribution in [1.29, 1.82) is 0 Å². The van der Waals surface area contributed by atoms with Crippen molar-refractivity contribution in [1.82, 2.24) is 10.6 Å². The molecule has 0 saturated carbocycles. The van der Waals surface area contributed by atoms with Gasteiger partial charge in [-0.25, -0.2) is 0 Å². The van der Waals surface area contributed by atoms with E-state index in [-0.39, 0.29) is 12.0 Å². The number of rotatable bonds is 11. The number of hydrogen-bond donors (Lipinski definition) is 3. The topological polar surface area (TPSA) is 36.1 Å². The van der Waals surface area contributed by atoms with Gasteiger partial charge in [-0.05, 0) is 69.4 Å². The van der Waals surface area contributed by atoms with Crippen molar-refractivity contribution in [2.75, 3.05) is 12.4 Å². The van der Waals surface area contributed by atoms with Crippen LogP contribution in [0.15, 0.2) is 188 Å². The Morgan fingerprint density at radius 2 is 1.27 bits per heavy atom. The van der Waals surface area contributed by atoms with Crippen molar-refractivity contribution >= 4 is 11.3 Å². The Morgan fingerprint density at radius 3 is 2.00 bits per heavy atom. The summed E-state index contributed by atoms with van der Waals surface area (Å²) in [6.07, 6.45) is 17.7. The summed E-state index contributed by atoms with van der Waals surface area (Å²) in [5.41, 5.74) is 12.1. The van der Waals surface area contributed by atoms with E-state index in [9.17, 15) is 0 Å². The molecule has 0 spiro atoms. The molecule has 3 atom stereocenters. The van der Waals surface area contributed by atoms with Gasteiger partial charge in [-0.1, -0.05) is 152 Å². The summed E-state index contributed by atoms with van der Waals surface area (Å²) in [4.78, 5) is 0. The standard InChI is InChI=1S/C45H41N3/c1-46-30-29-44(40-17-10-16-39(31-40)36-23-21-35(22-24-36)34-11-4-2-5-12-34)47-32-33-19-26-41(27-20-33)48-45-42-18-9-8-15-38(42)25-28-43(45)37-13-6-3-7-14-37/h2-31,38,42,44,46-48H,32H2,1H3/b30-29-. The van der Waals surface area contributed by atoms with Gasteiger partial charge in [0.15, 0.2) is 0 Å². The van der Waals surface area contributed by atoms with Crippen LogP contribution in [-0.2, 0) is 6.54 Å². The minimum atomic E-state index is 0.0504. The molecule has 3 unspecified atom stereocenters. The zero-order chi connectivity index (χ0) is 32.5. The average molecular weight is 624 g/mol. The number of allylic oxidation sites excluding steroid dienone is 7. The van der Waals surface area contributed by atoms with Gasteiger partial charge in [-0.2, -0.15) is 0 Å². The van der Waals surface area contributed by atoms with Gasteiger partial charge >= 0.3 is 0 Å². The van der Waals surface area contributed by atoms with Gasteiger partial charge in [0.05, 0.1) is 6.04 Å². The van der Waals surface area contributed by atoms with Crippen LogP contribution in [0.25, 0.3) is 27.8 Å². The summed E-state index contributed by atoms with van der Waals surface area (Å²) in [7, 11) is 1.94. The molecule has 0 radical (unpaired) electrons. The first-order valence-corrected chi connectivity index (χ1v) is 16.8. The molecule has 0 amide bonds. The van der Waals surface area contributed by atoms with E-state index >= 15 is 0 Å². The maximum Gasteiger partial charge on any atom is 0.0525 e. The Labute approximate surface area is 284 Å². The molecule has 0 bridgehead atoms. The fraction of sp³-hybridized carbons (Fsp3) is 0.111. The van der Waals surface area contributed by atoms with Gasteiger partial charge in [0.25, 0.3) is 0 Å². The first-order valence-electron chi connectivity index (χ1n) is 16.8. The van der Waals surface area contributed by atoms with Crippen LogP contribution in [-0.4, -0.2) is 7.05 Å². The number of anilines is 1. The SMILES string of the molecule is CN/C=C\C(NCc1ccc(NC2=C(c3ccccc3)C=CC3C=CC=CC23)cc1)c1cccc(-c2ccc(-c3ccccc3)cc2)c1. The van der Waals surface area contributed by atoms with Gasteiger partial charge in [-0.3, -0.25) is 0 Å². The van der Waals surface area contributed by atoms with Crippen molar-refractivity contribution in [3.63, 3.8) is 0 Å². The van der Waals surface area contributed by atoms with Crippen molar-refractivity contribution in [2.45, 2.75) is 12.6 Å². The van der Waals surface area contributed by atoms with E-state index in [1.165, 1.54) is 50.2 Å². The first-order chi connectivity index (χ1) is 23.7. The maximum absolute atomic E-state index is 3.81. The Kier molecular flexibility index (Phi) is 9.58. The second-order valence-corrected chi connectivity index (χ2v) is 12.3. The van der Waals surface area contributed by atoms with Crippen molar-refractivity contribution in [3.05, 3.63) is 205 Å². The molecule has 0 saturated heterocycles. The van der Waals surface area contributed by atoms with Crippen molar-refractivity contribution in [2.24, 2.45) is 11.8 Å². The zero-order valence-electron chi connectivity index (χ0n) is 27.3. The van der Waals surface area contributed by atoms with Gasteiger partial charge in [0, 0.05) is 42.4 Å². The monoisotopic (exact) mass is 623 g/mol. The summed E-state index contributed by atoms with van der Waals surface area (Å²) in [6, 6.07) is 47.7. The van der Waals surface area contributed by atoms with Crippen LogP contribution < -0.4 is 16.0 Å². The van der Waals surface area contributed by atoms with Crippen LogP contribution in [0.1, 0.15) is 22.7 Å². The van der Waals surface area contributed by atoms with Gasteiger partial charge in [-0.15, -0.1) is 0 Å². The zero-order valence-corrected chi connectivity index (χ0v) is 27.3. The van der Waals surface area contributed by atoms with Crippen molar-refractivity contribution in [3.8, 4) is 22.3 Å². The van der Waals surface area contributed by atoms with Crippen LogP contribution in [0.4, 0.5) is 5.69 Å². The van der Waals surface area contributed by atoms with E-state index in [0.717, 1.165) is 12.2 Å². The van der Waals surface area contributed by atoms with Gasteiger partial charge in [0.1, 0.15) is 0 Å². The van der Waals surface area contributed by atoms with Crippen LogP contribution in [0.2, 0.25) is 0 Å². The van der Waals surface area contributed by atoms with E-state index < -0.39 is 0 Å². The lowest BCUT2D eigenvalue weighted by molar-refractivity contribution is 0.619. The highest BCUT2D eigenvalue weighted by Crippen LogP contribution is 2.38. The molecule has 3 N–H and O–H groups in total. The Balaban J connectivity index is 1.06. The third kappa shape index (κ3) is 7.17. The summed E-state index contributed by atoms with van der Waals surface area (Å²) in [5, 5.41) is 10.8. The molecule has 3 nitrogen and oxygen atoms in total. The minimum absolute atomic E-state index is 0.0504. The predicted octanol–water partition coefficient (Wildman–Crippen LogP) is 10.3. The molecule has 0 aliphatic heterocycles. The third-order valence-corrected chi connectivity index (χ3v) is 9.16. The van der Waals surface area contributed by atoms with Gasteiger partial charge < -0.3 is 16.0 Å². The van der Waals surface area contributed by atoms with E-state index in [4.69, 9.17) is 0 Å². The molecule has 5 aromatic rings. The quantitative estimate of drug-likeness (QED) is 0.137. The van der Waals surface area contributed by atoms with Crippen LogP contribution in [0.5, 0.6) is 0 Å². The molecule has 236 valence electrons. The lowest BCUT2D eigenvalue weighted by atomic mass is 9.78. The average Bonchev–Trinajstić information content (AvgIpc) is 3.16. The second kappa shape index (κ2) is 14.8. The number of nitrogens with one attached hydrogen (secondary N) is 3. The molecule has 2 aliphatic carbocycles. The number of hydrogen-bond acceptors (Lipinski definition) is 3. The molecule has 5 aromatic carbocycles. The lowest BCUT2D eigenvalue weighted by Gasteiger charge is -2.31. The molecule has 0 aromatic heterocycles. The van der Waals surface area contributed by atoms with E-state index in [2.05, 4.69) is 192 Å². The van der Waals surface area contributed by atoms with Crippen LogP contribution >= 0.6 is 0 Å². The second-order valence-electron chi connectivity index (χ2n) is 12.3. The Bertz CT molecular complexity index is 1960. The van der Waals surface area contributed by atoms with Crippen LogP contribution in [0.3, 0.4) is 0 Å². The van der Waals surface area contributed by atoms with Gasteiger partial charge in [0.2, 0.25) is 0 Å². The first kappa shape index (κ1) is 31.0. The molecule has 0 fully saturated rings. The summed E-state index contributed by atoms with van der Waals surface area (Å²) < 4.78 is 0. The Morgan fingerprint density at radius 1 is 0.625 bits per heavy atom. The minimum Gasteiger partial charge on any atom is -0.394 e. The van der Waals surface area contributed by atoms with Crippen LogP contribution in [0, 0.1) is 11.8 Å². The smallest absolute Gasteiger partial charge is 0.0525 e. The number of benzene rings is 5. The van der Waals surface area contributed by atoms with E-state index in [1.807, 2.05) is 13.2 Å². The fourth-order valence-corrected chi connectivity index (χ4v) is 6.57. The molecule has 3 heteroatoms. The largest absolute Gasteiger partial charge is 0.394 e. The lowest BCUT2D eigenvalue weighted by Crippen LogP contribution is -2.22. The Hall–Kier alpha value is -5.64. The van der Waals surface area contributed by atoms with E-state index in [0.29, 0.717) is 5.92 Å². The third-order valence-electron chi connectivity index (χ3n) is 9.16. The highest BCUT2D eigenvalue weighted by Gasteiger charge is 2.27. The van der Waals surface area contributed by atoms with E-state index in [1.54, 1.807) is 0 Å². The molecule has 0 heterocycles. The molecule has 7 rings (SSSR count). The predicted molar refractivity (Wildman–Crippen MR) is 203 cm³/mol. The summed E-state index contributed by atoms with van der Waals surface area (Å²) in [5.74, 6) is 0.650.